The van der Waals surface area contributed by atoms with E-state index < -0.39 is 18.1 Å². The van der Waals surface area contributed by atoms with Gasteiger partial charge in [0.05, 0.1) is 12.7 Å². The number of thiophene rings is 1. The highest BCUT2D eigenvalue weighted by atomic mass is 32.1. The predicted octanol–water partition coefficient (Wildman–Crippen LogP) is 2.70. The summed E-state index contributed by atoms with van der Waals surface area (Å²) in [7, 11) is 0. The molecule has 0 unspecified atom stereocenters. The lowest BCUT2D eigenvalue weighted by Crippen LogP contribution is -2.38. The van der Waals surface area contributed by atoms with Crippen LogP contribution in [0, 0.1) is 6.57 Å². The van der Waals surface area contributed by atoms with E-state index in [-0.39, 0.29) is 0 Å². The maximum absolute atomic E-state index is 11.1. The van der Waals surface area contributed by atoms with E-state index in [1.807, 2.05) is 11.4 Å². The van der Waals surface area contributed by atoms with Crippen LogP contribution < -0.4 is 5.32 Å². The Morgan fingerprint density at radius 1 is 1.47 bits per heavy atom. The standard InChI is InChI=1S/C13H12N2O3S/c1-7(16)11(13(17)18)15-9-3-4-10(14-2)12-8(9)5-6-19-12/h3-7,11,15-16H,1H3,(H,17,18)/t7-,11-/m1/s1. The molecule has 0 aliphatic rings. The summed E-state index contributed by atoms with van der Waals surface area (Å²) < 4.78 is 0.815. The highest BCUT2D eigenvalue weighted by molar-refractivity contribution is 7.18. The molecule has 0 radical (unpaired) electrons. The van der Waals surface area contributed by atoms with E-state index >= 15 is 0 Å². The molecule has 1 aromatic carbocycles. The number of carboxylic acid groups (broad SMARTS) is 1. The van der Waals surface area contributed by atoms with E-state index in [2.05, 4.69) is 10.2 Å². The largest absolute Gasteiger partial charge is 0.480 e. The van der Waals surface area contributed by atoms with E-state index in [0.29, 0.717) is 11.4 Å². The number of carbonyl (C=O) groups is 1. The Hall–Kier alpha value is -2.10. The lowest BCUT2D eigenvalue weighted by Gasteiger charge is -2.19. The van der Waals surface area contributed by atoms with E-state index in [9.17, 15) is 9.90 Å². The first-order chi connectivity index (χ1) is 9.04. The molecular weight excluding hydrogens is 264 g/mol. The van der Waals surface area contributed by atoms with Crippen LogP contribution in [-0.2, 0) is 4.79 Å². The number of hydrogen-bond donors (Lipinski definition) is 3. The molecule has 0 aliphatic heterocycles. The number of nitrogens with one attached hydrogen (secondary N) is 1. The summed E-state index contributed by atoms with van der Waals surface area (Å²) in [6, 6.07) is 4.07. The molecule has 0 bridgehead atoms. The van der Waals surface area contributed by atoms with Crippen molar-refractivity contribution in [2.45, 2.75) is 19.1 Å². The SMILES string of the molecule is [C-]#[N+]c1ccc(N[C@@H](C(=O)O)[C@@H](C)O)c2ccsc12. The van der Waals surface area contributed by atoms with Gasteiger partial charge in [-0.2, -0.15) is 11.3 Å². The summed E-state index contributed by atoms with van der Waals surface area (Å²) in [6.07, 6.45) is -1.02. The second-order valence-electron chi connectivity index (χ2n) is 4.11. The minimum atomic E-state index is -1.12. The van der Waals surface area contributed by atoms with E-state index in [1.54, 1.807) is 12.1 Å². The fraction of sp³-hybridized carbons (Fsp3) is 0.231. The molecule has 0 spiro atoms. The van der Waals surface area contributed by atoms with Gasteiger partial charge in [0.2, 0.25) is 5.69 Å². The van der Waals surface area contributed by atoms with Crippen LogP contribution in [0.3, 0.4) is 0 Å². The number of nitrogens with zero attached hydrogens (tertiary/aromatic N) is 1. The third-order valence-corrected chi connectivity index (χ3v) is 3.71. The Morgan fingerprint density at radius 2 is 2.21 bits per heavy atom. The number of aliphatic carboxylic acids is 1. The second kappa shape index (κ2) is 5.26. The van der Waals surface area contributed by atoms with Crippen molar-refractivity contribution in [3.05, 3.63) is 35.0 Å². The fourth-order valence-corrected chi connectivity index (χ4v) is 2.70. The molecule has 0 amide bonds. The minimum Gasteiger partial charge on any atom is -0.480 e. The predicted molar refractivity (Wildman–Crippen MR) is 74.8 cm³/mol. The zero-order valence-corrected chi connectivity index (χ0v) is 10.9. The monoisotopic (exact) mass is 276 g/mol. The van der Waals surface area contributed by atoms with Crippen molar-refractivity contribution in [1.29, 1.82) is 0 Å². The Bertz CT molecular complexity index is 657. The van der Waals surface area contributed by atoms with Crippen LogP contribution >= 0.6 is 11.3 Å². The van der Waals surface area contributed by atoms with E-state index in [1.165, 1.54) is 18.3 Å². The third-order valence-electron chi connectivity index (χ3n) is 2.78. The van der Waals surface area contributed by atoms with Gasteiger partial charge in [0.25, 0.3) is 0 Å². The molecule has 0 aliphatic carbocycles. The van der Waals surface area contributed by atoms with E-state index in [0.717, 1.165) is 10.1 Å². The number of anilines is 1. The van der Waals surface area contributed by atoms with Gasteiger partial charge >= 0.3 is 5.97 Å². The number of benzene rings is 1. The maximum Gasteiger partial charge on any atom is 0.328 e. The minimum absolute atomic E-state index is 0.541. The van der Waals surface area contributed by atoms with Crippen LogP contribution in [0.1, 0.15) is 6.92 Å². The normalized spacial score (nSPS) is 13.7. The van der Waals surface area contributed by atoms with Crippen LogP contribution in [-0.4, -0.2) is 28.3 Å². The topological polar surface area (TPSA) is 73.9 Å². The van der Waals surface area contributed by atoms with Crippen molar-refractivity contribution in [3.8, 4) is 0 Å². The number of rotatable bonds is 4. The zero-order valence-electron chi connectivity index (χ0n) is 10.1. The van der Waals surface area contributed by atoms with Gasteiger partial charge in [-0.1, -0.05) is 6.07 Å². The number of carboxylic acids is 1. The number of hydrogen-bond acceptors (Lipinski definition) is 4. The molecule has 6 heteroatoms. The molecule has 3 N–H and O–H groups in total. The molecule has 2 aromatic rings. The number of aliphatic hydroxyl groups excluding tert-OH is 1. The van der Waals surface area contributed by atoms with Gasteiger partial charge in [-0.15, -0.1) is 0 Å². The van der Waals surface area contributed by atoms with Gasteiger partial charge in [0.1, 0.15) is 0 Å². The van der Waals surface area contributed by atoms with Gasteiger partial charge in [0.15, 0.2) is 6.04 Å². The summed E-state index contributed by atoms with van der Waals surface area (Å²) in [6.45, 7) is 8.51. The molecule has 19 heavy (non-hydrogen) atoms. The first kappa shape index (κ1) is 13.3. The van der Waals surface area contributed by atoms with E-state index in [4.69, 9.17) is 11.7 Å². The van der Waals surface area contributed by atoms with Crippen LogP contribution in [0.15, 0.2) is 23.6 Å². The average molecular weight is 276 g/mol. The van der Waals surface area contributed by atoms with Crippen LogP contribution in [0.4, 0.5) is 11.4 Å². The second-order valence-corrected chi connectivity index (χ2v) is 5.02. The van der Waals surface area contributed by atoms with Crippen LogP contribution in [0.2, 0.25) is 0 Å². The number of aliphatic hydroxyl groups is 1. The van der Waals surface area contributed by atoms with Crippen molar-refractivity contribution in [2.24, 2.45) is 0 Å². The first-order valence-electron chi connectivity index (χ1n) is 5.59. The smallest absolute Gasteiger partial charge is 0.328 e. The Balaban J connectivity index is 2.44. The molecule has 98 valence electrons. The molecule has 0 saturated heterocycles. The van der Waals surface area contributed by atoms with Crippen LogP contribution in [0.25, 0.3) is 14.9 Å². The van der Waals surface area contributed by atoms with Crippen molar-refractivity contribution < 1.29 is 15.0 Å². The van der Waals surface area contributed by atoms with Gasteiger partial charge in [-0.25, -0.2) is 9.64 Å². The van der Waals surface area contributed by atoms with Gasteiger partial charge in [-0.3, -0.25) is 0 Å². The highest BCUT2D eigenvalue weighted by Gasteiger charge is 2.23. The Morgan fingerprint density at radius 3 is 2.79 bits per heavy atom. The summed E-state index contributed by atoms with van der Waals surface area (Å²) in [4.78, 5) is 14.5. The summed E-state index contributed by atoms with van der Waals surface area (Å²) in [5.41, 5.74) is 1.15. The summed E-state index contributed by atoms with van der Waals surface area (Å²) in [5.74, 6) is -1.12. The Kier molecular flexibility index (Phi) is 3.69. The highest BCUT2D eigenvalue weighted by Crippen LogP contribution is 2.36. The maximum atomic E-state index is 11.1. The average Bonchev–Trinajstić information content (AvgIpc) is 2.84. The van der Waals surface area contributed by atoms with Gasteiger partial charge in [0, 0.05) is 15.8 Å². The van der Waals surface area contributed by atoms with Gasteiger partial charge in [-0.05, 0) is 24.4 Å². The zero-order chi connectivity index (χ0) is 14.0. The molecule has 2 rings (SSSR count). The molecule has 0 fully saturated rings. The lowest BCUT2D eigenvalue weighted by molar-refractivity contribution is -0.140. The Labute approximate surface area is 113 Å². The molecule has 5 nitrogen and oxygen atoms in total. The molecule has 1 aromatic heterocycles. The molecule has 0 saturated carbocycles. The quantitative estimate of drug-likeness (QED) is 0.751. The molecule has 2 atom stereocenters. The molecule has 1 heterocycles. The van der Waals surface area contributed by atoms with Gasteiger partial charge < -0.3 is 15.5 Å². The van der Waals surface area contributed by atoms with Crippen molar-refractivity contribution in [2.75, 3.05) is 5.32 Å². The third kappa shape index (κ3) is 2.52. The lowest BCUT2D eigenvalue weighted by atomic mass is 10.1. The summed E-state index contributed by atoms with van der Waals surface area (Å²) >= 11 is 1.43. The first-order valence-corrected chi connectivity index (χ1v) is 6.47. The number of fused-ring (bicyclic) bond motifs is 1. The fourth-order valence-electron chi connectivity index (χ4n) is 1.82. The summed E-state index contributed by atoms with van der Waals surface area (Å²) in [5, 5.41) is 24.0. The van der Waals surface area contributed by atoms with Crippen molar-refractivity contribution in [3.63, 3.8) is 0 Å². The van der Waals surface area contributed by atoms with Crippen molar-refractivity contribution >= 4 is 38.8 Å². The van der Waals surface area contributed by atoms with Crippen LogP contribution in [0.5, 0.6) is 0 Å². The molecular formula is C13H12N2O3S. The van der Waals surface area contributed by atoms with Crippen molar-refractivity contribution in [1.82, 2.24) is 0 Å².